The second kappa shape index (κ2) is 15.7. The Labute approximate surface area is 406 Å². The van der Waals surface area contributed by atoms with Crippen molar-refractivity contribution in [2.45, 2.75) is 0 Å². The van der Waals surface area contributed by atoms with Gasteiger partial charge in [0.25, 0.3) is 0 Å². The highest BCUT2D eigenvalue weighted by molar-refractivity contribution is 6.75. The van der Waals surface area contributed by atoms with Gasteiger partial charge in [-0.2, -0.15) is 0 Å². The number of benzene rings is 8. The van der Waals surface area contributed by atoms with Gasteiger partial charge >= 0.3 is 0 Å². The summed E-state index contributed by atoms with van der Waals surface area (Å²) in [6.45, 7) is 0. The van der Waals surface area contributed by atoms with Crippen LogP contribution in [-0.2, 0) is 0 Å². The Kier molecular flexibility index (Phi) is 11.1. The predicted octanol–water partition coefficient (Wildman–Crippen LogP) is -14.5. The molecule has 0 amide bonds. The molecule has 44 radical (unpaired) electrons. The molecule has 9 aromatic rings. The van der Waals surface area contributed by atoms with Gasteiger partial charge in [0.1, 0.15) is 184 Å². The molecule has 23 heteroatoms. The fraction of sp³-hybridized carbons (Fsp3) is 0. The molecule has 0 bridgehead atoms. The SMILES string of the molecule is [B]c1c([B])c([B])c2c(oc3c([B])c([B])c(-c4c5c([B])c([B])c([B])c([B])c5c(-c5ccc(-c6c([B])c([B])c([B])c7c([B])c([B])c([B])c([B])c67)cc5)c5c([B])c([B])c([B])c([B])c45)c([B])c32)c1[B]. The molecule has 244 valence electrons. The summed E-state index contributed by atoms with van der Waals surface area (Å²) in [6, 6.07) is 6.93. The first-order valence-corrected chi connectivity index (χ1v) is 19.3. The average Bonchev–Trinajstić information content (AvgIpc) is 3.70. The highest BCUT2D eigenvalue weighted by Crippen LogP contribution is 2.41. The summed E-state index contributed by atoms with van der Waals surface area (Å²) in [7, 11) is 146. The number of hydrogen-bond donors (Lipinski definition) is 0. The van der Waals surface area contributed by atoms with Crippen LogP contribution in [0.1, 0.15) is 0 Å². The third-order valence-electron chi connectivity index (χ3n) is 12.7. The highest BCUT2D eigenvalue weighted by atomic mass is 16.3. The molecule has 0 unspecified atom stereocenters. The van der Waals surface area contributed by atoms with E-state index in [0.29, 0.717) is 27.6 Å². The zero-order chi connectivity index (χ0) is 47.5. The predicted molar refractivity (Wildman–Crippen MR) is 301 cm³/mol. The largest absolute Gasteiger partial charge is 0.457 e. The summed E-state index contributed by atoms with van der Waals surface area (Å²) >= 11 is 0. The van der Waals surface area contributed by atoms with Gasteiger partial charge in [0.05, 0.1) is 0 Å². The lowest BCUT2D eigenvalue weighted by Crippen LogP contribution is -2.52. The molecule has 1 aromatic heterocycles. The fourth-order valence-corrected chi connectivity index (χ4v) is 9.17. The van der Waals surface area contributed by atoms with Gasteiger partial charge in [-0.1, -0.05) is 95.3 Å². The van der Waals surface area contributed by atoms with Crippen molar-refractivity contribution in [3.05, 3.63) is 24.3 Å². The van der Waals surface area contributed by atoms with E-state index in [9.17, 15) is 0 Å². The van der Waals surface area contributed by atoms with Gasteiger partial charge in [-0.25, -0.2) is 0 Å². The lowest BCUT2D eigenvalue weighted by Gasteiger charge is -2.30. The topological polar surface area (TPSA) is 13.1 Å². The number of furan rings is 1. The normalized spacial score (nSPS) is 11.8. The van der Waals surface area contributed by atoms with Crippen LogP contribution in [0.25, 0.3) is 87.6 Å². The maximum Gasteiger partial charge on any atom is 0.127 e. The lowest BCUT2D eigenvalue weighted by atomic mass is 9.58. The van der Waals surface area contributed by atoms with E-state index in [-0.39, 0.29) is 180 Å². The van der Waals surface area contributed by atoms with Gasteiger partial charge in [0.15, 0.2) is 0 Å². The molecule has 0 saturated heterocycles. The van der Waals surface area contributed by atoms with Gasteiger partial charge < -0.3 is 4.42 Å². The van der Waals surface area contributed by atoms with Crippen molar-refractivity contribution < 1.29 is 4.42 Å². The standard InChI is InChI=1S/C42H4B22O/c43-19-15(28(52)39(63)41-17(19)18-29(53)37(61)38(62)40(64)42(18)65-41)9-13-10(21(45)31(55)34(58)24(13)48)7(11-14(9)25(49)35(59)32(56)22(11)46)5-1-3-6(4-2-5)8-12-16(26(50)30(54)20(8)44)27(51)36(60)33(57)23(12)47/h1-4H. The van der Waals surface area contributed by atoms with E-state index < -0.39 is 0 Å². The maximum absolute atomic E-state index is 7.18. The Hall–Kier alpha value is -4.23. The highest BCUT2D eigenvalue weighted by Gasteiger charge is 2.29. The van der Waals surface area contributed by atoms with Crippen LogP contribution in [0, 0.1) is 0 Å². The van der Waals surface area contributed by atoms with Crippen LogP contribution in [-0.4, -0.2) is 173 Å². The Morgan fingerprint density at radius 1 is 0.185 bits per heavy atom. The smallest absolute Gasteiger partial charge is 0.127 e. The molecule has 0 aliphatic heterocycles. The Bertz CT molecular complexity index is 3640. The van der Waals surface area contributed by atoms with Gasteiger partial charge in [0.2, 0.25) is 0 Å². The number of fused-ring (bicyclic) bond motifs is 6. The van der Waals surface area contributed by atoms with E-state index in [1.807, 2.05) is 0 Å². The lowest BCUT2D eigenvalue weighted by molar-refractivity contribution is 0.675. The van der Waals surface area contributed by atoms with Crippen molar-refractivity contribution in [2.24, 2.45) is 0 Å². The number of rotatable bonds is 3. The monoisotopic (exact) mass is 766 g/mol. The molecule has 0 aliphatic rings. The molecule has 1 nitrogen and oxygen atoms in total. The van der Waals surface area contributed by atoms with Crippen LogP contribution >= 0.6 is 0 Å². The van der Waals surface area contributed by atoms with Crippen molar-refractivity contribution >= 4 is 347 Å². The third-order valence-corrected chi connectivity index (χ3v) is 12.7. The summed E-state index contributed by atoms with van der Waals surface area (Å²) in [6.07, 6.45) is 0. The molecule has 65 heavy (non-hydrogen) atoms. The van der Waals surface area contributed by atoms with E-state index >= 15 is 0 Å². The first kappa shape index (κ1) is 45.9. The average molecular weight is 762 g/mol. The van der Waals surface area contributed by atoms with E-state index in [2.05, 4.69) is 0 Å². The Morgan fingerprint density at radius 3 is 0.831 bits per heavy atom. The van der Waals surface area contributed by atoms with E-state index in [4.69, 9.17) is 177 Å². The molecule has 8 aromatic carbocycles. The van der Waals surface area contributed by atoms with E-state index in [0.717, 1.165) is 0 Å². The molecule has 0 atom stereocenters. The minimum absolute atomic E-state index is 0.00853. The van der Waals surface area contributed by atoms with Gasteiger partial charge in [-0.05, 0) is 65.7 Å². The summed E-state index contributed by atoms with van der Waals surface area (Å²) in [5, 5.41) is 1.82. The summed E-state index contributed by atoms with van der Waals surface area (Å²) in [4.78, 5) is 0. The summed E-state index contributed by atoms with van der Waals surface area (Å²) in [5.41, 5.74) is 1.86. The fourth-order valence-electron chi connectivity index (χ4n) is 9.17. The first-order valence-electron chi connectivity index (χ1n) is 19.3. The first-order chi connectivity index (χ1) is 30.5. The molecule has 1 heterocycles. The van der Waals surface area contributed by atoms with Crippen molar-refractivity contribution in [1.82, 2.24) is 0 Å². The van der Waals surface area contributed by atoms with Crippen LogP contribution in [0.2, 0.25) is 0 Å². The maximum atomic E-state index is 7.18. The van der Waals surface area contributed by atoms with Crippen molar-refractivity contribution in [1.29, 1.82) is 0 Å². The molecular weight excluding hydrogens is 758 g/mol. The van der Waals surface area contributed by atoms with E-state index in [1.54, 1.807) is 24.3 Å². The minimum atomic E-state index is -0.0940. The van der Waals surface area contributed by atoms with Crippen molar-refractivity contribution in [3.63, 3.8) is 0 Å². The number of hydrogen-bond acceptors (Lipinski definition) is 1. The van der Waals surface area contributed by atoms with Crippen LogP contribution < -0.4 is 120 Å². The second-order valence-corrected chi connectivity index (χ2v) is 15.9. The van der Waals surface area contributed by atoms with Crippen LogP contribution in [0.15, 0.2) is 28.7 Å². The molecule has 0 fully saturated rings. The molecule has 0 saturated carbocycles. The van der Waals surface area contributed by atoms with E-state index in [1.165, 1.54) is 0 Å². The minimum Gasteiger partial charge on any atom is -0.457 e. The molecule has 0 aliphatic carbocycles. The van der Waals surface area contributed by atoms with Gasteiger partial charge in [-0.3, -0.25) is 0 Å². The zero-order valence-corrected chi connectivity index (χ0v) is 34.4. The Balaban J connectivity index is 1.48. The van der Waals surface area contributed by atoms with Crippen LogP contribution in [0.3, 0.4) is 0 Å². The molecular formula is C42H4B22O. The van der Waals surface area contributed by atoms with Gasteiger partial charge in [-0.15, -0.1) is 49.2 Å². The molecule has 9 rings (SSSR count). The quantitative estimate of drug-likeness (QED) is 0.129. The molecule has 0 spiro atoms. The van der Waals surface area contributed by atoms with Crippen LogP contribution in [0.4, 0.5) is 0 Å². The summed E-state index contributed by atoms with van der Waals surface area (Å²) in [5.74, 6) is 0. The van der Waals surface area contributed by atoms with Crippen molar-refractivity contribution in [2.75, 3.05) is 0 Å². The third kappa shape index (κ3) is 6.04. The molecule has 0 N–H and O–H groups in total. The second-order valence-electron chi connectivity index (χ2n) is 15.9. The summed E-state index contributed by atoms with van der Waals surface area (Å²) < 4.78 is 6.16. The zero-order valence-electron chi connectivity index (χ0n) is 34.4. The van der Waals surface area contributed by atoms with Gasteiger partial charge in [0, 0.05) is 10.8 Å². The van der Waals surface area contributed by atoms with Crippen molar-refractivity contribution in [3.8, 4) is 33.4 Å². The van der Waals surface area contributed by atoms with Crippen LogP contribution in [0.5, 0.6) is 0 Å². The Morgan fingerprint density at radius 2 is 0.431 bits per heavy atom.